The Hall–Kier alpha value is -0.768. The standard InChI is InChI=1S/4Al.4Cu.7NO3.4Ni.7H2O4S.11H2O/c;;;;;;;;7*2-1(3)4;;;;;7*1-5(2,3)4;;;;;;;;;;;/h;;;;;;;;;;;;;;;;;;;7*(H2,1,2,3,4);11*1H2/q4*+3;4*+2;7*-1;4*+2;;;;;;;;;;;;;;;;;;/p-21. The van der Waals surface area contributed by atoms with E-state index in [1.165, 1.54) is 0 Å². The topological polar surface area (TPSA) is 1360 Å². The normalized spacial score (nSPS) is 6.67. The van der Waals surface area contributed by atoms with Gasteiger partial charge in [-0.2, -0.15) is 0 Å². The van der Waals surface area contributed by atoms with E-state index in [1.807, 2.05) is 0 Å². The van der Waals surface area contributed by atoms with E-state index in [-0.39, 0.29) is 264 Å². The number of rotatable bonds is 0. The van der Waals surface area contributed by atoms with Gasteiger partial charge in [0.1, 0.15) is 0 Å². The minimum absolute atomic E-state index is 0. The van der Waals surface area contributed by atoms with Crippen LogP contribution in [-0.4, -0.2) is 288 Å². The average molecular weight is 1890 g/mol. The molecule has 67 nitrogen and oxygen atoms in total. The minimum Gasteiger partial charge on any atom is -0.870 e. The molecule has 0 aliphatic rings. The molecule has 15 N–H and O–H groups in total. The van der Waals surface area contributed by atoms with Gasteiger partial charge in [-0.1, -0.05) is 0 Å². The molecule has 0 bridgehead atoms. The summed E-state index contributed by atoms with van der Waals surface area (Å²) in [6.07, 6.45) is 0. The second-order valence-corrected chi connectivity index (χ2v) is 10.1. The Bertz CT molecular complexity index is 1540. The fourth-order valence-electron chi connectivity index (χ4n) is 0. The molecule has 0 amide bonds. The van der Waals surface area contributed by atoms with E-state index >= 15 is 0 Å². The molecule has 0 aromatic rings. The van der Waals surface area contributed by atoms with E-state index in [1.54, 1.807) is 0 Å². The maximum Gasteiger partial charge on any atom is 3.00 e. The maximum absolute atomic E-state index is 8.52. The largest absolute Gasteiger partial charge is 3.00 e. The summed E-state index contributed by atoms with van der Waals surface area (Å²) >= 11 is 0. The van der Waals surface area contributed by atoms with Gasteiger partial charge >= 0.3 is 204 Å². The summed E-state index contributed by atoms with van der Waals surface area (Å²) in [7, 11) is -36.2. The first kappa shape index (κ1) is 260. The molecule has 86 heavy (non-hydrogen) atoms. The first-order chi connectivity index (χ1) is 26.1. The predicted molar refractivity (Wildman–Crippen MR) is 197 cm³/mol. The third-order valence-electron chi connectivity index (χ3n) is 0. The summed E-state index contributed by atoms with van der Waals surface area (Å²) in [5.41, 5.74) is 0. The van der Waals surface area contributed by atoms with Crippen LogP contribution >= 0.6 is 0 Å². The molecule has 0 spiro atoms. The predicted octanol–water partition coefficient (Wildman–Crippen LogP) is -17.1. The van der Waals surface area contributed by atoms with Crippen LogP contribution < -0.4 is 0 Å². The van der Waals surface area contributed by atoms with Crippen molar-refractivity contribution in [3.63, 3.8) is 0 Å². The molecule has 0 fully saturated rings. The molecule has 0 aliphatic carbocycles. The minimum atomic E-state index is -5.17. The van der Waals surface area contributed by atoms with Gasteiger partial charge in [-0.15, -0.1) is 0 Å². The molecule has 0 heterocycles. The molecule has 0 saturated heterocycles. The van der Waals surface area contributed by atoms with Crippen molar-refractivity contribution in [2.75, 3.05) is 0 Å². The zero-order chi connectivity index (χ0) is 56.5. The van der Waals surface area contributed by atoms with Crippen LogP contribution in [0.3, 0.4) is 0 Å². The van der Waals surface area contributed by atoms with Gasteiger partial charge in [0.2, 0.25) is 0 Å². The van der Waals surface area contributed by atoms with Crippen LogP contribution in [0.15, 0.2) is 0 Å². The van der Waals surface area contributed by atoms with Crippen molar-refractivity contribution in [1.82, 2.24) is 0 Å². The third-order valence-corrected chi connectivity index (χ3v) is 0. The molecule has 548 valence electrons. The van der Waals surface area contributed by atoms with E-state index in [0.29, 0.717) is 0 Å². The summed E-state index contributed by atoms with van der Waals surface area (Å²) < 4.78 is 239. The van der Waals surface area contributed by atoms with Crippen molar-refractivity contribution in [3.8, 4) is 0 Å². The molecule has 0 aliphatic heterocycles. The van der Waals surface area contributed by atoms with Gasteiger partial charge in [-0.05, 0) is 0 Å². The fourth-order valence-corrected chi connectivity index (χ4v) is 0. The van der Waals surface area contributed by atoms with Gasteiger partial charge in [0.15, 0.2) is 0 Å². The van der Waals surface area contributed by atoms with E-state index in [2.05, 4.69) is 0 Å². The van der Waals surface area contributed by atoms with Gasteiger partial charge < -0.3 is 231 Å². The van der Waals surface area contributed by atoms with Crippen LogP contribution in [0.25, 0.3) is 0 Å². The van der Waals surface area contributed by atoms with Gasteiger partial charge in [-0.25, -0.2) is 0 Å². The van der Waals surface area contributed by atoms with Gasteiger partial charge in [0, 0.05) is 72.8 Å². The van der Waals surface area contributed by atoms with Crippen LogP contribution in [-0.2, 0) is 207 Å². The molecule has 0 aromatic heterocycles. The Labute approximate surface area is 596 Å². The van der Waals surface area contributed by atoms with E-state index in [0.717, 1.165) is 0 Å². The molecule has 4 radical (unpaired) electrons. The molecular formula is H15Al4Cu4N7Ni4O60S7. The number of hydrogen-bond donors (Lipinski definition) is 0. The van der Waals surface area contributed by atoms with Crippen molar-refractivity contribution >= 4 is 142 Å². The third kappa shape index (κ3) is 954000. The molecule has 0 aromatic carbocycles. The first-order valence-electron chi connectivity index (χ1n) is 8.50. The van der Waals surface area contributed by atoms with E-state index in [4.69, 9.17) is 230 Å². The van der Waals surface area contributed by atoms with Crippen LogP contribution in [0.2, 0.25) is 0 Å². The van der Waals surface area contributed by atoms with Crippen LogP contribution in [0.1, 0.15) is 0 Å². The quantitative estimate of drug-likeness (QED) is 0.0714. The Balaban J connectivity index is -0.00000000842. The van der Waals surface area contributed by atoms with Crippen LogP contribution in [0, 0.1) is 107 Å². The van der Waals surface area contributed by atoms with Crippen molar-refractivity contribution in [2.24, 2.45) is 0 Å². The molecular weight excluding hydrogens is 1880 g/mol. The molecule has 0 atom stereocenters. The van der Waals surface area contributed by atoms with Crippen LogP contribution in [0.4, 0.5) is 0 Å². The zero-order valence-corrected chi connectivity index (χ0v) is 54.0. The van der Waals surface area contributed by atoms with E-state index in [9.17, 15) is 0 Å². The smallest absolute Gasteiger partial charge is 0.870 e. The van der Waals surface area contributed by atoms with Crippen molar-refractivity contribution in [3.05, 3.63) is 107 Å². The van der Waals surface area contributed by atoms with Gasteiger partial charge in [0.05, 0.1) is 35.6 Å². The number of hydrogen-bond acceptors (Lipinski definition) is 56. The molecule has 0 rings (SSSR count). The molecule has 0 unspecified atom stereocenters. The van der Waals surface area contributed by atoms with Gasteiger partial charge in [0.25, 0.3) is 0 Å². The SMILES string of the molecule is O.O.O.O.O=S(=O)([O-])[O-].O=S(=O)([O-])[O-].O=S(=O)([O-])[O-].O=S(=O)([O-])[O-].O=S(=O)([O-])[O-].O=S(=O)([O-])[O-].O=S(=O)([O-])[O-].O=[N+]([O-])[O-].O=[N+]([O-])[O-].O=[N+]([O-])[O-].O=[N+]([O-])[O-].O=[N+]([O-])[O-].O=[N+]([O-])[O-].O=[N+]([O-])[O-].[Al+3].[Al+3].[Al+3].[Al+3].[Cu+2].[Cu+2].[Cu+2].[Cu+2].[Ni+2].[Ni+2].[Ni+2].[Ni+2].[OH-].[OH-].[OH-].[OH-].[OH-].[OH-].[OH-]. The zero-order valence-electron chi connectivity index (χ0n) is 35.9. The summed E-state index contributed by atoms with van der Waals surface area (Å²) in [6.45, 7) is 0. The van der Waals surface area contributed by atoms with Crippen LogP contribution in [0.5, 0.6) is 0 Å². The summed E-state index contributed by atoms with van der Waals surface area (Å²) in [4.78, 5) is 57.8. The molecule has 0 saturated carbocycles. The Morgan fingerprint density at radius 2 is 0.174 bits per heavy atom. The molecule has 86 heteroatoms. The average Bonchev–Trinajstić information content (AvgIpc) is 2.67. The Kier molecular flexibility index (Phi) is 455. The maximum atomic E-state index is 8.52. The second-order valence-electron chi connectivity index (χ2n) is 4.42. The van der Waals surface area contributed by atoms with E-state index < -0.39 is 108 Å². The van der Waals surface area contributed by atoms with Crippen molar-refractivity contribution in [1.29, 1.82) is 0 Å². The summed E-state index contributed by atoms with van der Waals surface area (Å²) in [5, 5.41) is 103. The summed E-state index contributed by atoms with van der Waals surface area (Å²) in [6, 6.07) is 0. The van der Waals surface area contributed by atoms with Crippen molar-refractivity contribution in [2.45, 2.75) is 0 Å². The summed E-state index contributed by atoms with van der Waals surface area (Å²) in [5.74, 6) is 0. The second kappa shape index (κ2) is 151. The first-order valence-corrected chi connectivity index (χ1v) is 17.8. The van der Waals surface area contributed by atoms with Gasteiger partial charge in [-0.3, -0.25) is 58.9 Å². The fraction of sp³-hybridized carbons (Fsp3) is 0. The number of nitrogens with zero attached hydrogens (tertiary/aromatic N) is 7. The Morgan fingerprint density at radius 1 is 0.174 bits per heavy atom. The monoisotopic (exact) mass is 1890 g/mol. The Morgan fingerprint density at radius 3 is 0.174 bits per heavy atom. The van der Waals surface area contributed by atoms with Crippen molar-refractivity contribution < 1.29 is 353 Å².